The van der Waals surface area contributed by atoms with E-state index in [1.165, 1.54) is 12.8 Å². The number of aliphatic hydroxyl groups is 1. The van der Waals surface area contributed by atoms with Gasteiger partial charge in [-0.1, -0.05) is 12.8 Å². The third-order valence-corrected chi connectivity index (χ3v) is 4.59. The molecule has 2 rings (SSSR count). The van der Waals surface area contributed by atoms with Gasteiger partial charge < -0.3 is 15.3 Å². The highest BCUT2D eigenvalue weighted by atomic mass is 16.3. The van der Waals surface area contributed by atoms with Gasteiger partial charge in [0.1, 0.15) is 0 Å². The van der Waals surface area contributed by atoms with Gasteiger partial charge in [0.05, 0.1) is 12.1 Å². The molecular formula is C15H28N2O2. The number of nitrogens with zero attached hydrogens (tertiary/aromatic N) is 1. The molecule has 0 aromatic carbocycles. The van der Waals surface area contributed by atoms with Crippen molar-refractivity contribution in [3.63, 3.8) is 0 Å². The quantitative estimate of drug-likeness (QED) is 0.813. The maximum Gasteiger partial charge on any atom is 0.239 e. The lowest BCUT2D eigenvalue weighted by Gasteiger charge is -2.32. The van der Waals surface area contributed by atoms with Gasteiger partial charge in [0.15, 0.2) is 0 Å². The minimum atomic E-state index is -0.182. The number of rotatable bonds is 4. The van der Waals surface area contributed by atoms with E-state index in [4.69, 9.17) is 0 Å². The van der Waals surface area contributed by atoms with E-state index in [0.29, 0.717) is 5.92 Å². The average Bonchev–Trinajstić information content (AvgIpc) is 2.46. The number of hydrogen-bond donors (Lipinski definition) is 2. The molecule has 1 amide bonds. The van der Waals surface area contributed by atoms with Crippen LogP contribution in [0.5, 0.6) is 0 Å². The van der Waals surface area contributed by atoms with E-state index in [1.807, 2.05) is 11.8 Å². The zero-order valence-electron chi connectivity index (χ0n) is 12.1. The Labute approximate surface area is 116 Å². The van der Waals surface area contributed by atoms with E-state index in [0.717, 1.165) is 51.7 Å². The first-order valence-electron chi connectivity index (χ1n) is 7.88. The maximum absolute atomic E-state index is 12.3. The van der Waals surface area contributed by atoms with Gasteiger partial charge in [-0.2, -0.15) is 0 Å². The average molecular weight is 268 g/mol. The van der Waals surface area contributed by atoms with Crippen LogP contribution in [0.2, 0.25) is 0 Å². The fourth-order valence-electron chi connectivity index (χ4n) is 3.23. The van der Waals surface area contributed by atoms with E-state index < -0.39 is 0 Å². The number of piperidine rings is 1. The smallest absolute Gasteiger partial charge is 0.239 e. The number of carbonyl (C=O) groups is 1. The fourth-order valence-corrected chi connectivity index (χ4v) is 3.23. The molecule has 3 atom stereocenters. The predicted octanol–water partition coefficient (Wildman–Crippen LogP) is 1.53. The predicted molar refractivity (Wildman–Crippen MR) is 75.9 cm³/mol. The number of nitrogens with one attached hydrogen (secondary N) is 1. The van der Waals surface area contributed by atoms with Crippen molar-refractivity contribution >= 4 is 5.91 Å². The van der Waals surface area contributed by atoms with Gasteiger partial charge in [-0.15, -0.1) is 0 Å². The van der Waals surface area contributed by atoms with Crippen molar-refractivity contribution < 1.29 is 9.90 Å². The molecule has 3 unspecified atom stereocenters. The SMILES string of the molecule is CC(NCC1CCCCC1O)C(=O)N1CCCCC1. The third kappa shape index (κ3) is 4.18. The molecule has 2 fully saturated rings. The minimum absolute atomic E-state index is 0.118. The van der Waals surface area contributed by atoms with Crippen LogP contribution >= 0.6 is 0 Å². The Morgan fingerprint density at radius 2 is 1.89 bits per heavy atom. The molecule has 1 aliphatic carbocycles. The van der Waals surface area contributed by atoms with Crippen LogP contribution in [-0.4, -0.2) is 47.7 Å². The molecule has 0 bridgehead atoms. The van der Waals surface area contributed by atoms with Crippen LogP contribution in [-0.2, 0) is 4.79 Å². The zero-order chi connectivity index (χ0) is 13.7. The topological polar surface area (TPSA) is 52.6 Å². The van der Waals surface area contributed by atoms with Crippen LogP contribution < -0.4 is 5.32 Å². The number of carbonyl (C=O) groups excluding carboxylic acids is 1. The van der Waals surface area contributed by atoms with E-state index in [-0.39, 0.29) is 18.1 Å². The second kappa shape index (κ2) is 7.25. The molecule has 2 aliphatic rings. The second-order valence-corrected chi connectivity index (χ2v) is 6.13. The summed E-state index contributed by atoms with van der Waals surface area (Å²) in [6.07, 6.45) is 7.69. The highest BCUT2D eigenvalue weighted by molar-refractivity contribution is 5.81. The van der Waals surface area contributed by atoms with Gasteiger partial charge in [-0.25, -0.2) is 0 Å². The minimum Gasteiger partial charge on any atom is -0.393 e. The number of hydrogen-bond acceptors (Lipinski definition) is 3. The molecule has 0 spiro atoms. The monoisotopic (exact) mass is 268 g/mol. The number of amides is 1. The summed E-state index contributed by atoms with van der Waals surface area (Å²) in [5.41, 5.74) is 0. The second-order valence-electron chi connectivity index (χ2n) is 6.13. The van der Waals surface area contributed by atoms with Gasteiger partial charge in [-0.3, -0.25) is 4.79 Å². The Kier molecular flexibility index (Phi) is 5.64. The molecule has 1 saturated heterocycles. The molecule has 0 aromatic rings. The Bertz CT molecular complexity index is 290. The zero-order valence-corrected chi connectivity index (χ0v) is 12.1. The van der Waals surface area contributed by atoms with Gasteiger partial charge >= 0.3 is 0 Å². The molecule has 1 heterocycles. The van der Waals surface area contributed by atoms with Crippen LogP contribution in [0.3, 0.4) is 0 Å². The van der Waals surface area contributed by atoms with Crippen molar-refractivity contribution in [1.82, 2.24) is 10.2 Å². The van der Waals surface area contributed by atoms with Crippen LogP contribution in [0.25, 0.3) is 0 Å². The van der Waals surface area contributed by atoms with Crippen molar-refractivity contribution in [2.45, 2.75) is 64.0 Å². The first-order chi connectivity index (χ1) is 9.18. The molecule has 1 aliphatic heterocycles. The molecule has 2 N–H and O–H groups in total. The van der Waals surface area contributed by atoms with Crippen LogP contribution in [0, 0.1) is 5.92 Å². The molecule has 1 saturated carbocycles. The summed E-state index contributed by atoms with van der Waals surface area (Å²) >= 11 is 0. The van der Waals surface area contributed by atoms with Crippen LogP contribution in [0.15, 0.2) is 0 Å². The van der Waals surface area contributed by atoms with Gasteiger partial charge in [-0.05, 0) is 44.9 Å². The summed E-state index contributed by atoms with van der Waals surface area (Å²) in [4.78, 5) is 14.2. The number of likely N-dealkylation sites (tertiary alicyclic amines) is 1. The summed E-state index contributed by atoms with van der Waals surface area (Å²) < 4.78 is 0. The Morgan fingerprint density at radius 1 is 1.21 bits per heavy atom. The van der Waals surface area contributed by atoms with Gasteiger partial charge in [0, 0.05) is 19.6 Å². The molecule has 19 heavy (non-hydrogen) atoms. The Morgan fingerprint density at radius 3 is 2.58 bits per heavy atom. The summed E-state index contributed by atoms with van der Waals surface area (Å²) in [6, 6.07) is -0.118. The van der Waals surface area contributed by atoms with E-state index in [2.05, 4.69) is 5.32 Å². The van der Waals surface area contributed by atoms with Gasteiger partial charge in [0.25, 0.3) is 0 Å². The molecule has 0 aromatic heterocycles. The lowest BCUT2D eigenvalue weighted by atomic mass is 9.86. The molecule has 0 radical (unpaired) electrons. The fraction of sp³-hybridized carbons (Fsp3) is 0.933. The lowest BCUT2D eigenvalue weighted by molar-refractivity contribution is -0.134. The third-order valence-electron chi connectivity index (χ3n) is 4.59. The van der Waals surface area contributed by atoms with Crippen molar-refractivity contribution in [3.05, 3.63) is 0 Å². The largest absolute Gasteiger partial charge is 0.393 e. The summed E-state index contributed by atoms with van der Waals surface area (Å²) in [7, 11) is 0. The normalized spacial score (nSPS) is 30.1. The Balaban J connectivity index is 1.73. The number of aliphatic hydroxyl groups excluding tert-OH is 1. The van der Waals surface area contributed by atoms with Gasteiger partial charge in [0.2, 0.25) is 5.91 Å². The van der Waals surface area contributed by atoms with Crippen molar-refractivity contribution in [2.24, 2.45) is 5.92 Å². The van der Waals surface area contributed by atoms with Crippen molar-refractivity contribution in [3.8, 4) is 0 Å². The summed E-state index contributed by atoms with van der Waals surface area (Å²) in [6.45, 7) is 4.54. The summed E-state index contributed by atoms with van der Waals surface area (Å²) in [5.74, 6) is 0.551. The highest BCUT2D eigenvalue weighted by Crippen LogP contribution is 2.23. The molecule has 110 valence electrons. The van der Waals surface area contributed by atoms with Crippen molar-refractivity contribution in [1.29, 1.82) is 0 Å². The first-order valence-corrected chi connectivity index (χ1v) is 7.88. The Hall–Kier alpha value is -0.610. The van der Waals surface area contributed by atoms with Crippen LogP contribution in [0.4, 0.5) is 0 Å². The van der Waals surface area contributed by atoms with E-state index in [9.17, 15) is 9.90 Å². The first kappa shape index (κ1) is 14.8. The van der Waals surface area contributed by atoms with Crippen molar-refractivity contribution in [2.75, 3.05) is 19.6 Å². The summed E-state index contributed by atoms with van der Waals surface area (Å²) in [5, 5.41) is 13.3. The van der Waals surface area contributed by atoms with Crippen LogP contribution in [0.1, 0.15) is 51.9 Å². The molecule has 4 heteroatoms. The van der Waals surface area contributed by atoms with E-state index >= 15 is 0 Å². The van der Waals surface area contributed by atoms with E-state index in [1.54, 1.807) is 0 Å². The maximum atomic E-state index is 12.3. The molecule has 4 nitrogen and oxygen atoms in total. The standard InChI is InChI=1S/C15H28N2O2/c1-12(15(19)17-9-5-2-6-10-17)16-11-13-7-3-4-8-14(13)18/h12-14,16,18H,2-11H2,1H3. The highest BCUT2D eigenvalue weighted by Gasteiger charge is 2.26. The molecular weight excluding hydrogens is 240 g/mol. The lowest BCUT2D eigenvalue weighted by Crippen LogP contribution is -2.48.